The van der Waals surface area contributed by atoms with Crippen LogP contribution in [0.1, 0.15) is 39.7 Å². The first kappa shape index (κ1) is 19.2. The van der Waals surface area contributed by atoms with Gasteiger partial charge in [-0.25, -0.2) is 27.3 Å². The molecule has 1 aliphatic heterocycles. The number of likely N-dealkylation sites (tertiary alicyclic amines) is 1. The Morgan fingerprint density at radius 3 is 2.44 bits per heavy atom. The normalized spacial score (nSPS) is 27.4. The number of carbonyl (C=O) groups is 2. The molecule has 4 nitrogen and oxygen atoms in total. The zero-order valence-electron chi connectivity index (χ0n) is 14.3. The van der Waals surface area contributed by atoms with E-state index in [2.05, 4.69) is 0 Å². The summed E-state index contributed by atoms with van der Waals surface area (Å²) in [4.78, 5) is 24.9. The van der Waals surface area contributed by atoms with Crippen molar-refractivity contribution in [3.63, 3.8) is 0 Å². The van der Waals surface area contributed by atoms with E-state index in [0.29, 0.717) is 0 Å². The standard InChI is InChI=1S/C17H19F4NO3/c1-16(2,3)25-15(24)22-14(23)11(19)8-12(20)17(22,4)9-6-5-7-10(18)13(9)21/h5-7,11-12H,8H2,1-4H3/t11?,12-,17+/m0/s1. The molecular weight excluding hydrogens is 342 g/mol. The lowest BCUT2D eigenvalue weighted by Crippen LogP contribution is -2.63. The minimum atomic E-state index is -2.28. The number of imide groups is 1. The van der Waals surface area contributed by atoms with Crippen molar-refractivity contribution in [2.24, 2.45) is 0 Å². The van der Waals surface area contributed by atoms with Crippen molar-refractivity contribution in [3.8, 4) is 0 Å². The van der Waals surface area contributed by atoms with Crippen molar-refractivity contribution in [3.05, 3.63) is 35.4 Å². The topological polar surface area (TPSA) is 46.6 Å². The summed E-state index contributed by atoms with van der Waals surface area (Å²) in [6.07, 6.45) is -6.63. The maximum absolute atomic E-state index is 14.8. The van der Waals surface area contributed by atoms with Crippen molar-refractivity contribution in [1.29, 1.82) is 0 Å². The molecule has 25 heavy (non-hydrogen) atoms. The highest BCUT2D eigenvalue weighted by Crippen LogP contribution is 2.43. The lowest BCUT2D eigenvalue weighted by atomic mass is 9.79. The van der Waals surface area contributed by atoms with Crippen LogP contribution in [0.15, 0.2) is 18.2 Å². The van der Waals surface area contributed by atoms with Gasteiger partial charge in [0.05, 0.1) is 0 Å². The Bertz CT molecular complexity index is 704. The number of alkyl halides is 2. The predicted octanol–water partition coefficient (Wildman–Crippen LogP) is 4.02. The number of halogens is 4. The van der Waals surface area contributed by atoms with Gasteiger partial charge < -0.3 is 4.74 Å². The lowest BCUT2D eigenvalue weighted by molar-refractivity contribution is -0.153. The van der Waals surface area contributed by atoms with Gasteiger partial charge in [0.25, 0.3) is 5.91 Å². The first-order chi connectivity index (χ1) is 11.4. The van der Waals surface area contributed by atoms with Crippen molar-refractivity contribution in [2.45, 2.75) is 57.6 Å². The Balaban J connectivity index is 2.62. The van der Waals surface area contributed by atoms with Crippen LogP contribution in [0.4, 0.5) is 22.4 Å². The maximum Gasteiger partial charge on any atom is 0.418 e. The first-order valence-corrected chi connectivity index (χ1v) is 7.69. The third kappa shape index (κ3) is 3.34. The fourth-order valence-corrected chi connectivity index (χ4v) is 2.79. The van der Waals surface area contributed by atoms with Gasteiger partial charge in [0, 0.05) is 12.0 Å². The molecule has 0 saturated carbocycles. The van der Waals surface area contributed by atoms with Gasteiger partial charge in [-0.1, -0.05) is 12.1 Å². The van der Waals surface area contributed by atoms with Crippen LogP contribution >= 0.6 is 0 Å². The smallest absolute Gasteiger partial charge is 0.418 e. The first-order valence-electron chi connectivity index (χ1n) is 7.69. The maximum atomic E-state index is 14.8. The molecule has 1 unspecified atom stereocenters. The van der Waals surface area contributed by atoms with Crippen molar-refractivity contribution in [1.82, 2.24) is 4.90 Å². The van der Waals surface area contributed by atoms with E-state index in [0.717, 1.165) is 25.1 Å². The molecule has 0 spiro atoms. The highest BCUT2D eigenvalue weighted by Gasteiger charge is 2.56. The lowest BCUT2D eigenvalue weighted by Gasteiger charge is -2.46. The van der Waals surface area contributed by atoms with Crippen LogP contribution in [-0.2, 0) is 15.1 Å². The van der Waals surface area contributed by atoms with Crippen LogP contribution in [-0.4, -0.2) is 34.8 Å². The molecule has 1 aromatic carbocycles. The molecular formula is C17H19F4NO3. The highest BCUT2D eigenvalue weighted by molar-refractivity contribution is 5.96. The van der Waals surface area contributed by atoms with Gasteiger partial charge in [-0.15, -0.1) is 0 Å². The van der Waals surface area contributed by atoms with Crippen LogP contribution in [0.5, 0.6) is 0 Å². The molecule has 1 aromatic rings. The summed E-state index contributed by atoms with van der Waals surface area (Å²) in [6, 6.07) is 2.98. The number of amides is 2. The second-order valence-electron chi connectivity index (χ2n) is 7.07. The molecule has 2 rings (SSSR count). The Hall–Kier alpha value is -2.12. The predicted molar refractivity (Wildman–Crippen MR) is 81.2 cm³/mol. The summed E-state index contributed by atoms with van der Waals surface area (Å²) in [5, 5.41) is 0. The Morgan fingerprint density at radius 2 is 1.88 bits per heavy atom. The van der Waals surface area contributed by atoms with E-state index in [1.54, 1.807) is 0 Å². The molecule has 0 aromatic heterocycles. The van der Waals surface area contributed by atoms with Crippen molar-refractivity contribution < 1.29 is 31.9 Å². The summed E-state index contributed by atoms with van der Waals surface area (Å²) < 4.78 is 61.6. The number of piperidine rings is 1. The third-order valence-corrected chi connectivity index (χ3v) is 4.05. The number of carbonyl (C=O) groups excluding carboxylic acids is 2. The zero-order valence-corrected chi connectivity index (χ0v) is 14.3. The van der Waals surface area contributed by atoms with E-state index < -0.39 is 59.1 Å². The number of rotatable bonds is 1. The molecule has 1 saturated heterocycles. The molecule has 138 valence electrons. The fraction of sp³-hybridized carbons (Fsp3) is 0.529. The molecule has 0 radical (unpaired) electrons. The van der Waals surface area contributed by atoms with Crippen LogP contribution in [0.3, 0.4) is 0 Å². The van der Waals surface area contributed by atoms with Crippen molar-refractivity contribution in [2.75, 3.05) is 0 Å². The second-order valence-corrected chi connectivity index (χ2v) is 7.07. The Labute approximate surface area is 142 Å². The molecule has 3 atom stereocenters. The SMILES string of the molecule is CC(C)(C)OC(=O)N1C(=O)C(F)C[C@H](F)[C@@]1(C)c1cccc(F)c1F. The Kier molecular flexibility index (Phi) is 4.85. The zero-order chi connectivity index (χ0) is 19.2. The summed E-state index contributed by atoms with van der Waals surface area (Å²) in [5.41, 5.74) is -3.87. The van der Waals surface area contributed by atoms with Gasteiger partial charge in [-0.3, -0.25) is 4.79 Å². The number of benzene rings is 1. The van der Waals surface area contributed by atoms with Gasteiger partial charge in [-0.05, 0) is 33.8 Å². The highest BCUT2D eigenvalue weighted by atomic mass is 19.2. The number of hydrogen-bond donors (Lipinski definition) is 0. The number of hydrogen-bond acceptors (Lipinski definition) is 3. The van der Waals surface area contributed by atoms with E-state index in [1.807, 2.05) is 0 Å². The third-order valence-electron chi connectivity index (χ3n) is 4.05. The number of nitrogens with zero attached hydrogens (tertiary/aromatic N) is 1. The summed E-state index contributed by atoms with van der Waals surface area (Å²) in [6.45, 7) is 5.54. The minimum absolute atomic E-state index is 0.217. The molecule has 0 aliphatic carbocycles. The summed E-state index contributed by atoms with van der Waals surface area (Å²) in [5.74, 6) is -4.04. The largest absolute Gasteiger partial charge is 0.443 e. The van der Waals surface area contributed by atoms with Gasteiger partial charge in [0.1, 0.15) is 17.3 Å². The average molecular weight is 361 g/mol. The van der Waals surface area contributed by atoms with Crippen LogP contribution in [0.25, 0.3) is 0 Å². The van der Waals surface area contributed by atoms with Gasteiger partial charge in [0.15, 0.2) is 17.8 Å². The molecule has 2 amide bonds. The summed E-state index contributed by atoms with van der Waals surface area (Å²) in [7, 11) is 0. The van der Waals surface area contributed by atoms with Crippen molar-refractivity contribution >= 4 is 12.0 Å². The molecule has 0 N–H and O–H groups in total. The van der Waals surface area contributed by atoms with Gasteiger partial charge in [-0.2, -0.15) is 0 Å². The molecule has 1 fully saturated rings. The molecule has 1 aliphatic rings. The van der Waals surface area contributed by atoms with Gasteiger partial charge >= 0.3 is 6.09 Å². The van der Waals surface area contributed by atoms with E-state index in [1.165, 1.54) is 20.8 Å². The average Bonchev–Trinajstić information content (AvgIpc) is 2.46. The van der Waals surface area contributed by atoms with E-state index >= 15 is 0 Å². The second kappa shape index (κ2) is 6.31. The Morgan fingerprint density at radius 1 is 1.28 bits per heavy atom. The molecule has 1 heterocycles. The van der Waals surface area contributed by atoms with E-state index in [4.69, 9.17) is 4.74 Å². The quantitative estimate of drug-likeness (QED) is 0.710. The summed E-state index contributed by atoms with van der Waals surface area (Å²) >= 11 is 0. The fourth-order valence-electron chi connectivity index (χ4n) is 2.79. The molecule has 0 bridgehead atoms. The van der Waals surface area contributed by atoms with E-state index in [-0.39, 0.29) is 4.90 Å². The van der Waals surface area contributed by atoms with E-state index in [9.17, 15) is 27.2 Å². The van der Waals surface area contributed by atoms with Crippen LogP contribution < -0.4 is 0 Å². The van der Waals surface area contributed by atoms with Crippen LogP contribution in [0.2, 0.25) is 0 Å². The monoisotopic (exact) mass is 361 g/mol. The van der Waals surface area contributed by atoms with Crippen LogP contribution in [0, 0.1) is 11.6 Å². The molecule has 8 heteroatoms. The minimum Gasteiger partial charge on any atom is -0.443 e. The van der Waals surface area contributed by atoms with Gasteiger partial charge in [0.2, 0.25) is 0 Å². The number of ether oxygens (including phenoxy) is 1.